The molecule has 0 aromatic carbocycles. The third-order valence-electron chi connectivity index (χ3n) is 3.93. The Morgan fingerprint density at radius 2 is 2.16 bits per heavy atom. The molecule has 1 aromatic heterocycles. The van der Waals surface area contributed by atoms with Crippen molar-refractivity contribution in [3.05, 3.63) is 11.2 Å². The third-order valence-corrected chi connectivity index (χ3v) is 4.20. The largest absolute Gasteiger partial charge is 0.354 e. The lowest BCUT2D eigenvalue weighted by Crippen LogP contribution is -2.46. The number of piperidine rings is 1. The molecule has 1 saturated heterocycles. The van der Waals surface area contributed by atoms with Gasteiger partial charge in [-0.25, -0.2) is 4.98 Å². The number of anilines is 2. The summed E-state index contributed by atoms with van der Waals surface area (Å²) in [7, 11) is 0. The van der Waals surface area contributed by atoms with E-state index in [0.717, 1.165) is 18.9 Å². The Morgan fingerprint density at radius 1 is 1.42 bits per heavy atom. The summed E-state index contributed by atoms with van der Waals surface area (Å²) in [6.45, 7) is 10.7. The Morgan fingerprint density at radius 3 is 2.84 bits per heavy atom. The molecule has 0 radical (unpaired) electrons. The maximum atomic E-state index is 6.30. The SMILES string of the molecule is CCNc1ncc(Cl)c(N2CC(C)CC(C)C2C)n1. The van der Waals surface area contributed by atoms with Gasteiger partial charge in [0.1, 0.15) is 5.02 Å². The van der Waals surface area contributed by atoms with Crippen LogP contribution < -0.4 is 10.2 Å². The molecule has 1 aliphatic heterocycles. The molecular weight excluding hydrogens is 260 g/mol. The van der Waals surface area contributed by atoms with Gasteiger partial charge in [0.05, 0.1) is 6.20 Å². The Bertz CT molecular complexity index is 437. The standard InChI is InChI=1S/C14H23ClN4/c1-5-16-14-17-7-12(15)13(18-14)19-8-9(2)6-10(3)11(19)4/h7,9-11H,5-6,8H2,1-4H3,(H,16,17,18). The first-order chi connectivity index (χ1) is 9.02. The molecule has 5 heteroatoms. The molecule has 0 amide bonds. The van der Waals surface area contributed by atoms with Gasteiger partial charge in [-0.15, -0.1) is 0 Å². The molecule has 2 rings (SSSR count). The molecular formula is C14H23ClN4. The van der Waals surface area contributed by atoms with Crippen LogP contribution in [0.5, 0.6) is 0 Å². The van der Waals surface area contributed by atoms with Gasteiger partial charge in [0, 0.05) is 19.1 Å². The number of hydrogen-bond donors (Lipinski definition) is 1. The normalized spacial score (nSPS) is 27.4. The number of rotatable bonds is 3. The number of nitrogens with zero attached hydrogens (tertiary/aromatic N) is 3. The van der Waals surface area contributed by atoms with E-state index in [1.807, 2.05) is 6.92 Å². The molecule has 19 heavy (non-hydrogen) atoms. The Hall–Kier alpha value is -1.03. The lowest BCUT2D eigenvalue weighted by atomic mass is 9.86. The van der Waals surface area contributed by atoms with Crippen LogP contribution in [-0.4, -0.2) is 29.1 Å². The lowest BCUT2D eigenvalue weighted by Gasteiger charge is -2.42. The van der Waals surface area contributed by atoms with Gasteiger partial charge in [-0.1, -0.05) is 25.4 Å². The highest BCUT2D eigenvalue weighted by Gasteiger charge is 2.31. The molecule has 2 heterocycles. The van der Waals surface area contributed by atoms with Crippen molar-refractivity contribution in [2.45, 2.75) is 40.2 Å². The van der Waals surface area contributed by atoms with E-state index in [1.165, 1.54) is 6.42 Å². The first kappa shape index (κ1) is 14.4. The van der Waals surface area contributed by atoms with Crippen LogP contribution in [-0.2, 0) is 0 Å². The van der Waals surface area contributed by atoms with Crippen molar-refractivity contribution in [1.82, 2.24) is 9.97 Å². The average Bonchev–Trinajstić information content (AvgIpc) is 2.36. The van der Waals surface area contributed by atoms with Gasteiger partial charge in [0.25, 0.3) is 0 Å². The van der Waals surface area contributed by atoms with E-state index < -0.39 is 0 Å². The van der Waals surface area contributed by atoms with Crippen molar-refractivity contribution in [3.63, 3.8) is 0 Å². The molecule has 1 aromatic rings. The molecule has 1 aliphatic rings. The van der Waals surface area contributed by atoms with E-state index >= 15 is 0 Å². The molecule has 1 fully saturated rings. The van der Waals surface area contributed by atoms with Gasteiger partial charge >= 0.3 is 0 Å². The highest BCUT2D eigenvalue weighted by molar-refractivity contribution is 6.32. The second-order valence-corrected chi connectivity index (χ2v) is 6.01. The minimum Gasteiger partial charge on any atom is -0.354 e. The van der Waals surface area contributed by atoms with Crippen molar-refractivity contribution in [2.75, 3.05) is 23.3 Å². The highest BCUT2D eigenvalue weighted by atomic mass is 35.5. The third kappa shape index (κ3) is 3.11. The Balaban J connectivity index is 2.30. The van der Waals surface area contributed by atoms with Gasteiger partial charge in [-0.3, -0.25) is 0 Å². The van der Waals surface area contributed by atoms with Crippen LogP contribution in [0.3, 0.4) is 0 Å². The first-order valence-corrected chi connectivity index (χ1v) is 7.43. The molecule has 1 N–H and O–H groups in total. The van der Waals surface area contributed by atoms with Gasteiger partial charge in [0.15, 0.2) is 5.82 Å². The predicted octanol–water partition coefficient (Wildman–Crippen LogP) is 3.43. The smallest absolute Gasteiger partial charge is 0.224 e. The van der Waals surface area contributed by atoms with Crippen molar-refractivity contribution in [1.29, 1.82) is 0 Å². The summed E-state index contributed by atoms with van der Waals surface area (Å²) >= 11 is 6.30. The summed E-state index contributed by atoms with van der Waals surface area (Å²) in [4.78, 5) is 11.1. The summed E-state index contributed by atoms with van der Waals surface area (Å²) in [6.07, 6.45) is 2.96. The number of aromatic nitrogens is 2. The predicted molar refractivity (Wildman–Crippen MR) is 81.0 cm³/mol. The van der Waals surface area contributed by atoms with Crippen molar-refractivity contribution in [3.8, 4) is 0 Å². The minimum atomic E-state index is 0.457. The highest BCUT2D eigenvalue weighted by Crippen LogP contribution is 2.34. The maximum Gasteiger partial charge on any atom is 0.224 e. The van der Waals surface area contributed by atoms with Gasteiger partial charge in [-0.05, 0) is 32.1 Å². The van der Waals surface area contributed by atoms with Gasteiger partial charge < -0.3 is 10.2 Å². The number of hydrogen-bond acceptors (Lipinski definition) is 4. The second-order valence-electron chi connectivity index (χ2n) is 5.61. The summed E-state index contributed by atoms with van der Waals surface area (Å²) in [6, 6.07) is 0.457. The quantitative estimate of drug-likeness (QED) is 0.922. The van der Waals surface area contributed by atoms with Gasteiger partial charge in [-0.2, -0.15) is 4.98 Å². The molecule has 0 bridgehead atoms. The van der Waals surface area contributed by atoms with E-state index in [1.54, 1.807) is 6.20 Å². The topological polar surface area (TPSA) is 41.1 Å². The van der Waals surface area contributed by atoms with E-state index in [9.17, 15) is 0 Å². The number of halogens is 1. The van der Waals surface area contributed by atoms with E-state index in [2.05, 4.69) is 41.0 Å². The molecule has 0 aliphatic carbocycles. The zero-order valence-corrected chi connectivity index (χ0v) is 12.9. The first-order valence-electron chi connectivity index (χ1n) is 7.06. The van der Waals surface area contributed by atoms with E-state index in [0.29, 0.717) is 28.8 Å². The average molecular weight is 283 g/mol. The molecule has 3 unspecified atom stereocenters. The molecule has 106 valence electrons. The van der Waals surface area contributed by atoms with Crippen LogP contribution in [0, 0.1) is 11.8 Å². The van der Waals surface area contributed by atoms with E-state index in [-0.39, 0.29) is 0 Å². The zero-order valence-electron chi connectivity index (χ0n) is 12.2. The summed E-state index contributed by atoms with van der Waals surface area (Å²) < 4.78 is 0. The van der Waals surface area contributed by atoms with Gasteiger partial charge in [0.2, 0.25) is 5.95 Å². The van der Waals surface area contributed by atoms with Crippen LogP contribution in [0.1, 0.15) is 34.1 Å². The molecule has 0 spiro atoms. The van der Waals surface area contributed by atoms with Crippen molar-refractivity contribution < 1.29 is 0 Å². The van der Waals surface area contributed by atoms with Crippen LogP contribution in [0.15, 0.2) is 6.20 Å². The fourth-order valence-electron chi connectivity index (χ4n) is 2.80. The second kappa shape index (κ2) is 5.95. The minimum absolute atomic E-state index is 0.457. The van der Waals surface area contributed by atoms with Crippen LogP contribution >= 0.6 is 11.6 Å². The summed E-state index contributed by atoms with van der Waals surface area (Å²) in [5.74, 6) is 2.83. The summed E-state index contributed by atoms with van der Waals surface area (Å²) in [5.41, 5.74) is 0. The molecule has 3 atom stereocenters. The number of nitrogens with one attached hydrogen (secondary N) is 1. The van der Waals surface area contributed by atoms with E-state index in [4.69, 9.17) is 11.6 Å². The Kier molecular flexibility index (Phi) is 4.50. The monoisotopic (exact) mass is 282 g/mol. The fraction of sp³-hybridized carbons (Fsp3) is 0.714. The molecule has 0 saturated carbocycles. The Labute approximate surface area is 120 Å². The van der Waals surface area contributed by atoms with Crippen molar-refractivity contribution >= 4 is 23.4 Å². The molecule has 4 nitrogen and oxygen atoms in total. The fourth-order valence-corrected chi connectivity index (χ4v) is 3.00. The van der Waals surface area contributed by atoms with Crippen LogP contribution in [0.25, 0.3) is 0 Å². The van der Waals surface area contributed by atoms with Crippen molar-refractivity contribution in [2.24, 2.45) is 11.8 Å². The van der Waals surface area contributed by atoms with Crippen LogP contribution in [0.2, 0.25) is 5.02 Å². The summed E-state index contributed by atoms with van der Waals surface area (Å²) in [5, 5.41) is 3.78. The zero-order chi connectivity index (χ0) is 14.0. The maximum absolute atomic E-state index is 6.30. The lowest BCUT2D eigenvalue weighted by molar-refractivity contribution is 0.295. The van der Waals surface area contributed by atoms with Crippen LogP contribution in [0.4, 0.5) is 11.8 Å².